The van der Waals surface area contributed by atoms with Gasteiger partial charge in [-0.25, -0.2) is 17.9 Å². The molecule has 2 atom stereocenters. The molecule has 0 radical (unpaired) electrons. The number of hydrogen-bond donors (Lipinski definition) is 3. The highest BCUT2D eigenvalue weighted by molar-refractivity contribution is 7.90. The molecule has 0 aliphatic heterocycles. The fourth-order valence-corrected chi connectivity index (χ4v) is 5.27. The molecule has 4 aromatic carbocycles. The number of benzene rings is 4. The third kappa shape index (κ3) is 3.66. The van der Waals surface area contributed by atoms with Crippen LogP contribution in [0.2, 0.25) is 0 Å². The Hall–Kier alpha value is -3.26. The fourth-order valence-electron chi connectivity index (χ4n) is 3.61. The van der Waals surface area contributed by atoms with Crippen molar-refractivity contribution in [3.63, 3.8) is 0 Å². The van der Waals surface area contributed by atoms with Crippen LogP contribution in [0, 0.1) is 0 Å². The molecule has 30 heavy (non-hydrogen) atoms. The average molecular weight is 421 g/mol. The minimum atomic E-state index is -4.21. The summed E-state index contributed by atoms with van der Waals surface area (Å²) in [6.07, 6.45) is -1.96. The second-order valence-corrected chi connectivity index (χ2v) is 8.59. The molecule has 3 N–H and O–H groups in total. The number of carboxylic acid groups (broad SMARTS) is 1. The van der Waals surface area contributed by atoms with E-state index in [0.717, 1.165) is 10.8 Å². The largest absolute Gasteiger partial charge is 0.479 e. The van der Waals surface area contributed by atoms with E-state index in [1.165, 1.54) is 0 Å². The molecule has 6 nitrogen and oxygen atoms in total. The lowest BCUT2D eigenvalue weighted by Gasteiger charge is -2.23. The standard InChI is InChI=1S/C23H19NO5S/c25-21(23(26)27)20(15-8-2-1-3-9-15)24-30(28,29)22-18-12-6-4-10-16(18)14-17-11-5-7-13-19(17)22/h1-14,20-21,24-25H,(H,26,27)/t20-,21+/m0/s1. The minimum Gasteiger partial charge on any atom is -0.479 e. The van der Waals surface area contributed by atoms with E-state index in [-0.39, 0.29) is 4.90 Å². The van der Waals surface area contributed by atoms with Gasteiger partial charge in [0.15, 0.2) is 6.10 Å². The molecule has 4 rings (SSSR count). The van der Waals surface area contributed by atoms with Gasteiger partial charge in [-0.2, -0.15) is 0 Å². The zero-order valence-corrected chi connectivity index (χ0v) is 16.6. The second kappa shape index (κ2) is 7.87. The summed E-state index contributed by atoms with van der Waals surface area (Å²) in [7, 11) is -4.21. The predicted molar refractivity (Wildman–Crippen MR) is 115 cm³/mol. The van der Waals surface area contributed by atoms with Crippen LogP contribution in [0.25, 0.3) is 21.5 Å². The zero-order chi connectivity index (χ0) is 21.3. The molecule has 0 saturated heterocycles. The Labute approximate surface area is 173 Å². The van der Waals surface area contributed by atoms with Gasteiger partial charge in [0, 0.05) is 10.8 Å². The molecule has 0 aromatic heterocycles. The molecular weight excluding hydrogens is 402 g/mol. The van der Waals surface area contributed by atoms with E-state index in [9.17, 15) is 23.4 Å². The van der Waals surface area contributed by atoms with Gasteiger partial charge in [-0.05, 0) is 22.4 Å². The first kappa shape index (κ1) is 20.0. The van der Waals surface area contributed by atoms with Crippen LogP contribution in [-0.4, -0.2) is 30.7 Å². The molecule has 4 aromatic rings. The quantitative estimate of drug-likeness (QED) is 0.414. The number of hydrogen-bond acceptors (Lipinski definition) is 4. The average Bonchev–Trinajstić information content (AvgIpc) is 2.75. The van der Waals surface area contributed by atoms with Gasteiger partial charge < -0.3 is 10.2 Å². The van der Waals surface area contributed by atoms with E-state index >= 15 is 0 Å². The summed E-state index contributed by atoms with van der Waals surface area (Å²) >= 11 is 0. The lowest BCUT2D eigenvalue weighted by atomic mass is 10.0. The second-order valence-electron chi connectivity index (χ2n) is 6.94. The smallest absolute Gasteiger partial charge is 0.334 e. The number of rotatable bonds is 6. The molecule has 7 heteroatoms. The van der Waals surface area contributed by atoms with Gasteiger partial charge in [0.2, 0.25) is 10.0 Å². The van der Waals surface area contributed by atoms with Crippen LogP contribution in [-0.2, 0) is 14.8 Å². The predicted octanol–water partition coefficient (Wildman–Crippen LogP) is 3.46. The Kier molecular flexibility index (Phi) is 5.26. The van der Waals surface area contributed by atoms with Crippen molar-refractivity contribution in [3.05, 3.63) is 90.5 Å². The highest BCUT2D eigenvalue weighted by Crippen LogP contribution is 2.33. The van der Waals surface area contributed by atoms with Crippen LogP contribution in [0.15, 0.2) is 89.8 Å². The number of sulfonamides is 1. The van der Waals surface area contributed by atoms with Crippen molar-refractivity contribution >= 4 is 37.5 Å². The summed E-state index contributed by atoms with van der Waals surface area (Å²) in [5.41, 5.74) is 0.348. The Bertz CT molecular complexity index is 1280. The Morgan fingerprint density at radius 1 is 0.800 bits per heavy atom. The van der Waals surface area contributed by atoms with Crippen molar-refractivity contribution in [3.8, 4) is 0 Å². The summed E-state index contributed by atoms with van der Waals surface area (Å²) in [5.74, 6) is -1.52. The van der Waals surface area contributed by atoms with Gasteiger partial charge in [0.25, 0.3) is 0 Å². The molecule has 0 saturated carbocycles. The number of aliphatic carboxylic acids is 1. The summed E-state index contributed by atoms with van der Waals surface area (Å²) < 4.78 is 29.5. The van der Waals surface area contributed by atoms with E-state index in [4.69, 9.17) is 0 Å². The van der Waals surface area contributed by atoms with Crippen molar-refractivity contribution in [1.29, 1.82) is 0 Å². The van der Waals surface area contributed by atoms with Gasteiger partial charge >= 0.3 is 5.97 Å². The van der Waals surface area contributed by atoms with Crippen LogP contribution in [0.5, 0.6) is 0 Å². The fraction of sp³-hybridized carbons (Fsp3) is 0.0870. The lowest BCUT2D eigenvalue weighted by molar-refractivity contribution is -0.148. The van der Waals surface area contributed by atoms with Gasteiger partial charge in [-0.1, -0.05) is 78.9 Å². The van der Waals surface area contributed by atoms with Crippen molar-refractivity contribution in [1.82, 2.24) is 4.72 Å². The summed E-state index contributed by atoms with van der Waals surface area (Å²) in [6, 6.07) is 22.9. The molecule has 0 unspecified atom stereocenters. The van der Waals surface area contributed by atoms with Gasteiger partial charge in [-0.3, -0.25) is 0 Å². The number of aliphatic hydroxyl groups excluding tert-OH is 1. The maximum atomic E-state index is 13.6. The van der Waals surface area contributed by atoms with Gasteiger partial charge in [0.05, 0.1) is 10.9 Å². The van der Waals surface area contributed by atoms with Crippen LogP contribution in [0.4, 0.5) is 0 Å². The lowest BCUT2D eigenvalue weighted by Crippen LogP contribution is -2.40. The number of carbonyl (C=O) groups is 1. The van der Waals surface area contributed by atoms with Crippen molar-refractivity contribution < 1.29 is 23.4 Å². The summed E-state index contributed by atoms with van der Waals surface area (Å²) in [5, 5.41) is 22.1. The van der Waals surface area contributed by atoms with Crippen molar-refractivity contribution in [2.45, 2.75) is 17.0 Å². The van der Waals surface area contributed by atoms with E-state index in [2.05, 4.69) is 4.72 Å². The molecule has 0 spiro atoms. The Balaban J connectivity index is 1.92. The molecular formula is C23H19NO5S. The van der Waals surface area contributed by atoms with Crippen LogP contribution in [0.3, 0.4) is 0 Å². The number of fused-ring (bicyclic) bond motifs is 2. The molecule has 0 amide bonds. The van der Waals surface area contributed by atoms with E-state index < -0.39 is 28.1 Å². The third-order valence-electron chi connectivity index (χ3n) is 5.00. The highest BCUT2D eigenvalue weighted by Gasteiger charge is 2.33. The van der Waals surface area contributed by atoms with E-state index in [1.54, 1.807) is 54.6 Å². The first-order chi connectivity index (χ1) is 14.4. The van der Waals surface area contributed by atoms with Gasteiger partial charge in [-0.15, -0.1) is 0 Å². The molecule has 0 fully saturated rings. The van der Waals surface area contributed by atoms with Crippen molar-refractivity contribution in [2.75, 3.05) is 0 Å². The first-order valence-electron chi connectivity index (χ1n) is 9.27. The topological polar surface area (TPSA) is 104 Å². The number of aliphatic hydroxyl groups is 1. The van der Waals surface area contributed by atoms with Gasteiger partial charge in [0.1, 0.15) is 0 Å². The molecule has 0 aliphatic rings. The Morgan fingerprint density at radius 2 is 1.30 bits per heavy atom. The third-order valence-corrected chi connectivity index (χ3v) is 6.54. The Morgan fingerprint density at radius 3 is 1.83 bits per heavy atom. The maximum absolute atomic E-state index is 13.6. The molecule has 0 aliphatic carbocycles. The summed E-state index contributed by atoms with van der Waals surface area (Å²) in [6.45, 7) is 0. The van der Waals surface area contributed by atoms with Crippen LogP contribution < -0.4 is 4.72 Å². The maximum Gasteiger partial charge on any atom is 0.334 e. The van der Waals surface area contributed by atoms with Crippen LogP contribution >= 0.6 is 0 Å². The monoisotopic (exact) mass is 421 g/mol. The highest BCUT2D eigenvalue weighted by atomic mass is 32.2. The van der Waals surface area contributed by atoms with Crippen LogP contribution in [0.1, 0.15) is 11.6 Å². The minimum absolute atomic E-state index is 0.0507. The number of carboxylic acids is 1. The molecule has 152 valence electrons. The van der Waals surface area contributed by atoms with E-state index in [1.807, 2.05) is 30.3 Å². The van der Waals surface area contributed by atoms with E-state index in [0.29, 0.717) is 16.3 Å². The molecule has 0 heterocycles. The molecule has 0 bridgehead atoms. The number of nitrogens with one attached hydrogen (secondary N) is 1. The SMILES string of the molecule is O=C(O)[C@H](O)[C@@H](NS(=O)(=O)c1c2ccccc2cc2ccccc12)c1ccccc1. The first-order valence-corrected chi connectivity index (χ1v) is 10.8. The summed E-state index contributed by atoms with van der Waals surface area (Å²) in [4.78, 5) is 11.5. The zero-order valence-electron chi connectivity index (χ0n) is 15.8. The van der Waals surface area contributed by atoms with Crippen molar-refractivity contribution in [2.24, 2.45) is 0 Å². The normalized spacial score (nSPS) is 13.9.